The number of hydrogen-bond acceptors (Lipinski definition) is 5. The van der Waals surface area contributed by atoms with Gasteiger partial charge in [-0.1, -0.05) is 12.1 Å². The standard InChI is InChI=1S/C13H19N3O4/c1-10(15(2)13(17)9-20-7-6-14)11-4-3-5-12(8-11)16(18)19/h3-5,8,10H,6-7,9,14H2,1-2H3. The summed E-state index contributed by atoms with van der Waals surface area (Å²) in [5, 5.41) is 10.7. The second kappa shape index (κ2) is 7.56. The first kappa shape index (κ1) is 16.1. The van der Waals surface area contributed by atoms with Gasteiger partial charge >= 0.3 is 0 Å². The molecular formula is C13H19N3O4. The summed E-state index contributed by atoms with van der Waals surface area (Å²) in [4.78, 5) is 23.7. The maximum absolute atomic E-state index is 11.9. The van der Waals surface area contributed by atoms with Gasteiger partial charge in [0.15, 0.2) is 0 Å². The van der Waals surface area contributed by atoms with Gasteiger partial charge in [0.05, 0.1) is 17.6 Å². The molecule has 1 aromatic carbocycles. The van der Waals surface area contributed by atoms with Gasteiger partial charge in [-0.25, -0.2) is 0 Å². The summed E-state index contributed by atoms with van der Waals surface area (Å²) in [5.74, 6) is -0.197. The number of benzene rings is 1. The van der Waals surface area contributed by atoms with Crippen molar-refractivity contribution in [3.05, 3.63) is 39.9 Å². The molecule has 0 heterocycles. The number of amides is 1. The molecule has 20 heavy (non-hydrogen) atoms. The van der Waals surface area contributed by atoms with Crippen LogP contribution in [0.5, 0.6) is 0 Å². The first-order valence-corrected chi connectivity index (χ1v) is 6.25. The quantitative estimate of drug-likeness (QED) is 0.458. The van der Waals surface area contributed by atoms with Gasteiger partial charge in [-0.05, 0) is 12.5 Å². The number of nitro benzene ring substituents is 1. The predicted octanol–water partition coefficient (Wildman–Crippen LogP) is 1.09. The van der Waals surface area contributed by atoms with E-state index in [0.29, 0.717) is 18.7 Å². The van der Waals surface area contributed by atoms with Gasteiger partial charge in [0, 0.05) is 25.7 Å². The number of nitrogens with two attached hydrogens (primary N) is 1. The maximum Gasteiger partial charge on any atom is 0.269 e. The number of nitro groups is 1. The zero-order chi connectivity index (χ0) is 15.1. The highest BCUT2D eigenvalue weighted by atomic mass is 16.6. The van der Waals surface area contributed by atoms with Crippen LogP contribution in [0.3, 0.4) is 0 Å². The Kier molecular flexibility index (Phi) is 6.08. The zero-order valence-electron chi connectivity index (χ0n) is 11.6. The third-order valence-corrected chi connectivity index (χ3v) is 3.03. The van der Waals surface area contributed by atoms with Gasteiger partial charge in [-0.15, -0.1) is 0 Å². The van der Waals surface area contributed by atoms with Gasteiger partial charge in [0.1, 0.15) is 6.61 Å². The summed E-state index contributed by atoms with van der Waals surface area (Å²) in [5.41, 5.74) is 5.98. The molecule has 0 fully saturated rings. The van der Waals surface area contributed by atoms with Crippen molar-refractivity contribution in [3.8, 4) is 0 Å². The van der Waals surface area contributed by atoms with Crippen molar-refractivity contribution in [1.82, 2.24) is 4.90 Å². The van der Waals surface area contributed by atoms with E-state index >= 15 is 0 Å². The Bertz CT molecular complexity index is 478. The topological polar surface area (TPSA) is 98.7 Å². The Labute approximate surface area is 117 Å². The molecular weight excluding hydrogens is 262 g/mol. The molecule has 0 saturated carbocycles. The van der Waals surface area contributed by atoms with Gasteiger partial charge in [0.2, 0.25) is 5.91 Å². The summed E-state index contributed by atoms with van der Waals surface area (Å²) in [6.45, 7) is 2.44. The highest BCUT2D eigenvalue weighted by Gasteiger charge is 2.19. The van der Waals surface area contributed by atoms with Crippen molar-refractivity contribution in [2.45, 2.75) is 13.0 Å². The van der Waals surface area contributed by atoms with Crippen LogP contribution in [0.15, 0.2) is 24.3 Å². The van der Waals surface area contributed by atoms with E-state index in [2.05, 4.69) is 0 Å². The van der Waals surface area contributed by atoms with E-state index in [1.165, 1.54) is 17.0 Å². The molecule has 1 rings (SSSR count). The van der Waals surface area contributed by atoms with Crippen LogP contribution in [0.1, 0.15) is 18.5 Å². The minimum Gasteiger partial charge on any atom is -0.370 e. The fraction of sp³-hybridized carbons (Fsp3) is 0.462. The molecule has 110 valence electrons. The highest BCUT2D eigenvalue weighted by Crippen LogP contribution is 2.22. The smallest absolute Gasteiger partial charge is 0.269 e. The normalized spacial score (nSPS) is 11.9. The minimum atomic E-state index is -0.456. The summed E-state index contributed by atoms with van der Waals surface area (Å²) < 4.78 is 5.09. The molecule has 1 unspecified atom stereocenters. The largest absolute Gasteiger partial charge is 0.370 e. The van der Waals surface area contributed by atoms with E-state index in [4.69, 9.17) is 10.5 Å². The molecule has 0 aromatic heterocycles. The molecule has 1 amide bonds. The number of nitrogens with zero attached hydrogens (tertiary/aromatic N) is 2. The van der Waals surface area contributed by atoms with Gasteiger partial charge in [-0.3, -0.25) is 14.9 Å². The first-order valence-electron chi connectivity index (χ1n) is 6.25. The molecule has 0 spiro atoms. The number of non-ortho nitro benzene ring substituents is 1. The van der Waals surface area contributed by atoms with Crippen LogP contribution in [0.2, 0.25) is 0 Å². The molecule has 0 aliphatic heterocycles. The van der Waals surface area contributed by atoms with Crippen LogP contribution < -0.4 is 5.73 Å². The molecule has 0 aliphatic rings. The van der Waals surface area contributed by atoms with Crippen molar-refractivity contribution >= 4 is 11.6 Å². The van der Waals surface area contributed by atoms with E-state index in [9.17, 15) is 14.9 Å². The van der Waals surface area contributed by atoms with Gasteiger partial charge in [-0.2, -0.15) is 0 Å². The Morgan fingerprint density at radius 1 is 1.55 bits per heavy atom. The average molecular weight is 281 g/mol. The van der Waals surface area contributed by atoms with E-state index in [1.807, 2.05) is 0 Å². The summed E-state index contributed by atoms with van der Waals surface area (Å²) in [6, 6.07) is 5.97. The Morgan fingerprint density at radius 3 is 2.85 bits per heavy atom. The monoisotopic (exact) mass is 281 g/mol. The first-order chi connectivity index (χ1) is 9.47. The van der Waals surface area contributed by atoms with Crippen LogP contribution in [-0.4, -0.2) is 42.5 Å². The molecule has 0 bridgehead atoms. The zero-order valence-corrected chi connectivity index (χ0v) is 11.6. The van der Waals surface area contributed by atoms with Crippen molar-refractivity contribution in [2.24, 2.45) is 5.73 Å². The molecule has 7 heteroatoms. The lowest BCUT2D eigenvalue weighted by Crippen LogP contribution is -2.33. The van der Waals surface area contributed by atoms with E-state index in [0.717, 1.165) is 0 Å². The molecule has 0 aliphatic carbocycles. The van der Waals surface area contributed by atoms with Crippen LogP contribution in [0.4, 0.5) is 5.69 Å². The van der Waals surface area contributed by atoms with Crippen molar-refractivity contribution < 1.29 is 14.5 Å². The van der Waals surface area contributed by atoms with Crippen LogP contribution in [0.25, 0.3) is 0 Å². The fourth-order valence-electron chi connectivity index (χ4n) is 1.68. The highest BCUT2D eigenvalue weighted by molar-refractivity contribution is 5.77. The Hall–Kier alpha value is -1.99. The third kappa shape index (κ3) is 4.29. The molecule has 0 radical (unpaired) electrons. The van der Waals surface area contributed by atoms with Crippen LogP contribution in [-0.2, 0) is 9.53 Å². The lowest BCUT2D eigenvalue weighted by atomic mass is 10.1. The SMILES string of the molecule is CC(c1cccc([N+](=O)[O-])c1)N(C)C(=O)COCCN. The molecule has 2 N–H and O–H groups in total. The van der Waals surface area contributed by atoms with E-state index in [1.54, 1.807) is 26.1 Å². The molecule has 1 aromatic rings. The van der Waals surface area contributed by atoms with Crippen LogP contribution in [0, 0.1) is 10.1 Å². The number of carbonyl (C=O) groups is 1. The second-order valence-corrected chi connectivity index (χ2v) is 4.37. The van der Waals surface area contributed by atoms with Crippen LogP contribution >= 0.6 is 0 Å². The number of ether oxygens (including phenoxy) is 1. The Balaban J connectivity index is 2.73. The maximum atomic E-state index is 11.9. The summed E-state index contributed by atoms with van der Waals surface area (Å²) in [7, 11) is 1.64. The molecule has 7 nitrogen and oxygen atoms in total. The number of rotatable bonds is 7. The number of likely N-dealkylation sites (N-methyl/N-ethyl adjacent to an activating group) is 1. The van der Waals surface area contributed by atoms with E-state index < -0.39 is 4.92 Å². The van der Waals surface area contributed by atoms with Crippen molar-refractivity contribution in [1.29, 1.82) is 0 Å². The number of carbonyl (C=O) groups excluding carboxylic acids is 1. The van der Waals surface area contributed by atoms with Gasteiger partial charge < -0.3 is 15.4 Å². The molecule has 1 atom stereocenters. The summed E-state index contributed by atoms with van der Waals surface area (Å²) in [6.07, 6.45) is 0. The molecule has 0 saturated heterocycles. The predicted molar refractivity (Wildman–Crippen MR) is 74.2 cm³/mol. The average Bonchev–Trinajstić information content (AvgIpc) is 2.45. The fourth-order valence-corrected chi connectivity index (χ4v) is 1.68. The Morgan fingerprint density at radius 2 is 2.25 bits per heavy atom. The van der Waals surface area contributed by atoms with Crippen molar-refractivity contribution in [3.63, 3.8) is 0 Å². The minimum absolute atomic E-state index is 0.00887. The lowest BCUT2D eigenvalue weighted by molar-refractivity contribution is -0.384. The van der Waals surface area contributed by atoms with E-state index in [-0.39, 0.29) is 24.2 Å². The second-order valence-electron chi connectivity index (χ2n) is 4.37. The van der Waals surface area contributed by atoms with Crippen molar-refractivity contribution in [2.75, 3.05) is 26.8 Å². The summed E-state index contributed by atoms with van der Waals surface area (Å²) >= 11 is 0. The number of hydrogen-bond donors (Lipinski definition) is 1. The third-order valence-electron chi connectivity index (χ3n) is 3.03. The van der Waals surface area contributed by atoms with Gasteiger partial charge in [0.25, 0.3) is 5.69 Å². The lowest BCUT2D eigenvalue weighted by Gasteiger charge is -2.25.